The number of hydrogen-bond donors (Lipinski definition) is 2. The number of nitrogens with two attached hydrogens (primary N) is 1. The Balaban J connectivity index is 1.43. The monoisotopic (exact) mass is 517 g/mol. The number of fused-ring (bicyclic) bond motifs is 1. The minimum absolute atomic E-state index is 0.111. The predicted octanol–water partition coefficient (Wildman–Crippen LogP) is 4.12. The zero-order chi connectivity index (χ0) is 27.4. The summed E-state index contributed by atoms with van der Waals surface area (Å²) in [6.45, 7) is 7.57. The third-order valence-corrected chi connectivity index (χ3v) is 7.48. The van der Waals surface area contributed by atoms with Crippen molar-refractivity contribution in [2.24, 2.45) is 22.6 Å². The van der Waals surface area contributed by atoms with Crippen LogP contribution in [0.25, 0.3) is 0 Å². The third kappa shape index (κ3) is 4.95. The van der Waals surface area contributed by atoms with Crippen LogP contribution in [0.15, 0.2) is 47.5 Å². The standard InChI is InChI=1S/C29H32FN5O3/c1-28(2)14-24(36)35(27(32)34-28)25(17-7-5-6-16(10-17)15-31)19-12-20(19)26(37)33-22-13-29(3,4)38-23-9-8-18(30)11-21(22)23/h5-11,19-20,22,25H,12-14H2,1-4H3,(H2,32,34)(H,33,37). The van der Waals surface area contributed by atoms with Gasteiger partial charge in [0.1, 0.15) is 17.2 Å². The summed E-state index contributed by atoms with van der Waals surface area (Å²) < 4.78 is 20.1. The van der Waals surface area contributed by atoms with Crippen LogP contribution >= 0.6 is 0 Å². The van der Waals surface area contributed by atoms with Crippen molar-refractivity contribution < 1.29 is 18.7 Å². The number of halogens is 1. The van der Waals surface area contributed by atoms with Crippen LogP contribution in [0.1, 0.15) is 75.7 Å². The van der Waals surface area contributed by atoms with E-state index in [0.29, 0.717) is 29.7 Å². The number of ether oxygens (including phenoxy) is 1. The summed E-state index contributed by atoms with van der Waals surface area (Å²) >= 11 is 0. The fourth-order valence-corrected chi connectivity index (χ4v) is 5.76. The number of aliphatic imine (C=N–C) groups is 1. The molecule has 1 aliphatic carbocycles. The molecule has 0 saturated heterocycles. The molecule has 1 saturated carbocycles. The number of carbonyl (C=O) groups excluding carboxylic acids is 2. The maximum Gasteiger partial charge on any atom is 0.232 e. The van der Waals surface area contributed by atoms with Crippen LogP contribution < -0.4 is 15.8 Å². The molecule has 4 atom stereocenters. The number of nitriles is 1. The molecule has 0 spiro atoms. The lowest BCUT2D eigenvalue weighted by Crippen LogP contribution is -2.52. The lowest BCUT2D eigenvalue weighted by atomic mass is 9.89. The molecule has 2 heterocycles. The van der Waals surface area contributed by atoms with Crippen LogP contribution in [0.3, 0.4) is 0 Å². The Morgan fingerprint density at radius 3 is 2.74 bits per heavy atom. The zero-order valence-corrected chi connectivity index (χ0v) is 22.0. The molecule has 8 nitrogen and oxygen atoms in total. The molecule has 3 aliphatic rings. The quantitative estimate of drug-likeness (QED) is 0.618. The molecule has 3 N–H and O–H groups in total. The van der Waals surface area contributed by atoms with Crippen molar-refractivity contribution in [2.45, 2.75) is 70.2 Å². The summed E-state index contributed by atoms with van der Waals surface area (Å²) in [5.74, 6) is -0.676. The summed E-state index contributed by atoms with van der Waals surface area (Å²) in [7, 11) is 0. The number of nitrogens with zero attached hydrogens (tertiary/aromatic N) is 3. The van der Waals surface area contributed by atoms with Gasteiger partial charge in [-0.1, -0.05) is 12.1 Å². The average molecular weight is 518 g/mol. The van der Waals surface area contributed by atoms with Gasteiger partial charge < -0.3 is 15.8 Å². The van der Waals surface area contributed by atoms with E-state index < -0.39 is 29.0 Å². The molecule has 0 aromatic heterocycles. The number of carbonyl (C=O) groups is 2. The van der Waals surface area contributed by atoms with Gasteiger partial charge in [0.25, 0.3) is 0 Å². The molecular formula is C29H32FN5O3. The minimum atomic E-state index is -0.616. The summed E-state index contributed by atoms with van der Waals surface area (Å²) in [6.07, 6.45) is 1.21. The highest BCUT2D eigenvalue weighted by molar-refractivity contribution is 5.99. The Morgan fingerprint density at radius 2 is 2.03 bits per heavy atom. The first-order chi connectivity index (χ1) is 17.9. The molecule has 0 radical (unpaired) electrons. The van der Waals surface area contributed by atoms with E-state index in [-0.39, 0.29) is 36.0 Å². The molecule has 9 heteroatoms. The summed E-state index contributed by atoms with van der Waals surface area (Å²) in [6, 6.07) is 12.6. The van der Waals surface area contributed by atoms with E-state index in [9.17, 15) is 19.2 Å². The molecule has 2 aromatic rings. The van der Waals surface area contributed by atoms with Gasteiger partial charge >= 0.3 is 0 Å². The lowest BCUT2D eigenvalue weighted by Gasteiger charge is -2.39. The van der Waals surface area contributed by atoms with Gasteiger partial charge in [-0.3, -0.25) is 14.5 Å². The first-order valence-electron chi connectivity index (χ1n) is 12.8. The number of nitrogens with one attached hydrogen (secondary N) is 1. The second-order valence-electron chi connectivity index (χ2n) is 11.7. The van der Waals surface area contributed by atoms with Crippen LogP contribution in [-0.2, 0) is 9.59 Å². The zero-order valence-electron chi connectivity index (χ0n) is 22.0. The molecule has 2 aliphatic heterocycles. The van der Waals surface area contributed by atoms with Crippen molar-refractivity contribution in [3.8, 4) is 11.8 Å². The lowest BCUT2D eigenvalue weighted by molar-refractivity contribution is -0.132. The van der Waals surface area contributed by atoms with Gasteiger partial charge in [0.05, 0.1) is 35.7 Å². The SMILES string of the molecule is CC1(C)CC(=O)N(C(c2cccc(C#N)c2)C2CC2C(=O)NC2CC(C)(C)Oc3ccc(F)cc32)C(N)=N1. The Hall–Kier alpha value is -3.93. The van der Waals surface area contributed by atoms with Gasteiger partial charge in [-0.05, 0) is 75.9 Å². The van der Waals surface area contributed by atoms with E-state index in [2.05, 4.69) is 16.4 Å². The van der Waals surface area contributed by atoms with Crippen molar-refractivity contribution in [3.63, 3.8) is 0 Å². The molecule has 2 amide bonds. The third-order valence-electron chi connectivity index (χ3n) is 7.48. The normalized spacial score (nSPS) is 25.8. The average Bonchev–Trinajstić information content (AvgIpc) is 3.61. The molecule has 198 valence electrons. The number of guanidine groups is 1. The summed E-state index contributed by atoms with van der Waals surface area (Å²) in [5.41, 5.74) is 6.97. The molecular weight excluding hydrogens is 485 g/mol. The Kier molecular flexibility index (Phi) is 6.17. The molecule has 4 unspecified atom stereocenters. The highest BCUT2D eigenvalue weighted by Crippen LogP contribution is 2.52. The van der Waals surface area contributed by atoms with Gasteiger partial charge in [0.15, 0.2) is 5.96 Å². The van der Waals surface area contributed by atoms with Crippen molar-refractivity contribution in [3.05, 3.63) is 65.0 Å². The van der Waals surface area contributed by atoms with Gasteiger partial charge in [-0.15, -0.1) is 0 Å². The van der Waals surface area contributed by atoms with Crippen molar-refractivity contribution in [1.82, 2.24) is 10.2 Å². The summed E-state index contributed by atoms with van der Waals surface area (Å²) in [4.78, 5) is 32.9. The Bertz CT molecular complexity index is 1380. The van der Waals surface area contributed by atoms with Crippen LogP contribution in [0.4, 0.5) is 4.39 Å². The van der Waals surface area contributed by atoms with E-state index in [1.165, 1.54) is 17.0 Å². The van der Waals surface area contributed by atoms with Crippen LogP contribution in [-0.4, -0.2) is 33.8 Å². The van der Waals surface area contributed by atoms with E-state index in [1.54, 1.807) is 24.3 Å². The van der Waals surface area contributed by atoms with E-state index in [1.807, 2.05) is 33.8 Å². The van der Waals surface area contributed by atoms with Crippen LogP contribution in [0.5, 0.6) is 5.75 Å². The molecule has 0 bridgehead atoms. The fraction of sp³-hybridized carbons (Fsp3) is 0.448. The molecule has 5 rings (SSSR count). The van der Waals surface area contributed by atoms with E-state index >= 15 is 0 Å². The van der Waals surface area contributed by atoms with Gasteiger partial charge in [0, 0.05) is 17.9 Å². The Morgan fingerprint density at radius 1 is 1.26 bits per heavy atom. The number of hydrogen-bond acceptors (Lipinski definition) is 6. The first-order valence-corrected chi connectivity index (χ1v) is 12.8. The maximum absolute atomic E-state index is 14.1. The number of rotatable bonds is 5. The largest absolute Gasteiger partial charge is 0.487 e. The van der Waals surface area contributed by atoms with Crippen molar-refractivity contribution in [2.75, 3.05) is 0 Å². The number of amides is 2. The van der Waals surface area contributed by atoms with Gasteiger partial charge in [-0.2, -0.15) is 5.26 Å². The fourth-order valence-electron chi connectivity index (χ4n) is 5.76. The minimum Gasteiger partial charge on any atom is -0.487 e. The molecule has 2 aromatic carbocycles. The maximum atomic E-state index is 14.1. The van der Waals surface area contributed by atoms with Crippen LogP contribution in [0.2, 0.25) is 0 Å². The number of benzene rings is 2. The van der Waals surface area contributed by atoms with Crippen molar-refractivity contribution >= 4 is 17.8 Å². The molecule has 38 heavy (non-hydrogen) atoms. The van der Waals surface area contributed by atoms with Crippen LogP contribution in [0, 0.1) is 29.0 Å². The molecule has 1 fully saturated rings. The Labute approximate surface area is 221 Å². The predicted molar refractivity (Wildman–Crippen MR) is 139 cm³/mol. The summed E-state index contributed by atoms with van der Waals surface area (Å²) in [5, 5.41) is 12.6. The van der Waals surface area contributed by atoms with E-state index in [4.69, 9.17) is 10.5 Å². The first kappa shape index (κ1) is 25.7. The second kappa shape index (κ2) is 9.12. The van der Waals surface area contributed by atoms with Crippen molar-refractivity contribution in [1.29, 1.82) is 5.26 Å². The van der Waals surface area contributed by atoms with Gasteiger partial charge in [0.2, 0.25) is 11.8 Å². The topological polar surface area (TPSA) is 121 Å². The highest BCUT2D eigenvalue weighted by Gasteiger charge is 2.53. The highest BCUT2D eigenvalue weighted by atomic mass is 19.1. The van der Waals surface area contributed by atoms with E-state index in [0.717, 1.165) is 5.56 Å². The van der Waals surface area contributed by atoms with Gasteiger partial charge in [-0.25, -0.2) is 9.38 Å². The second-order valence-corrected chi connectivity index (χ2v) is 11.7. The smallest absolute Gasteiger partial charge is 0.232 e.